The molecule has 0 aliphatic rings. The van der Waals surface area contributed by atoms with Gasteiger partial charge in [-0.3, -0.25) is 0 Å². The van der Waals surface area contributed by atoms with Crippen molar-refractivity contribution in [2.75, 3.05) is 7.11 Å². The first-order valence-electron chi connectivity index (χ1n) is 6.68. The second-order valence-electron chi connectivity index (χ2n) is 4.58. The van der Waals surface area contributed by atoms with Crippen molar-refractivity contribution in [3.63, 3.8) is 0 Å². The van der Waals surface area contributed by atoms with E-state index in [0.29, 0.717) is 22.0 Å². The number of methoxy groups -OCH3 is 1. The summed E-state index contributed by atoms with van der Waals surface area (Å²) in [5, 5.41) is 16.1. The van der Waals surface area contributed by atoms with Gasteiger partial charge in [0.2, 0.25) is 5.69 Å². The lowest BCUT2D eigenvalue weighted by molar-refractivity contribution is -0.672. The third kappa shape index (κ3) is 3.28. The van der Waals surface area contributed by atoms with E-state index in [1.165, 1.54) is 4.68 Å². The predicted molar refractivity (Wildman–Crippen MR) is 81.5 cm³/mol. The maximum Gasteiger partial charge on any atom is 0.314 e. The van der Waals surface area contributed by atoms with Crippen LogP contribution in [0.25, 0.3) is 5.69 Å². The molecule has 0 saturated carbocycles. The molecule has 0 bridgehead atoms. The van der Waals surface area contributed by atoms with Crippen LogP contribution in [0.15, 0.2) is 53.1 Å². The smallest absolute Gasteiger partial charge is 0.314 e. The van der Waals surface area contributed by atoms with Crippen LogP contribution in [0.1, 0.15) is 11.3 Å². The minimum atomic E-state index is -0.602. The Morgan fingerprint density at radius 1 is 1.17 bits per heavy atom. The Labute approximate surface area is 137 Å². The van der Waals surface area contributed by atoms with Gasteiger partial charge in [0.15, 0.2) is 5.95 Å². The fourth-order valence-corrected chi connectivity index (χ4v) is 2.07. The number of benzene rings is 2. The number of rotatable bonds is 2. The molecule has 0 aliphatic heterocycles. The molecular weight excluding hydrogens is 316 g/mol. The van der Waals surface area contributed by atoms with E-state index >= 15 is 0 Å². The van der Waals surface area contributed by atoms with Gasteiger partial charge in [-0.15, -0.1) is 0 Å². The van der Waals surface area contributed by atoms with Gasteiger partial charge < -0.3 is 14.4 Å². The molecule has 0 unspecified atom stereocenters. The maximum absolute atomic E-state index is 11.8. The van der Waals surface area contributed by atoms with Gasteiger partial charge in [-0.05, 0) is 35.0 Å². The Bertz CT molecular complexity index is 892. The van der Waals surface area contributed by atoms with Gasteiger partial charge in [0.25, 0.3) is 0 Å². The zero-order valence-corrected chi connectivity index (χ0v) is 12.9. The second-order valence-corrected chi connectivity index (χ2v) is 5.02. The molecule has 6 heteroatoms. The van der Waals surface area contributed by atoms with Crippen LogP contribution < -0.4 is 14.5 Å². The van der Waals surface area contributed by atoms with Crippen LogP contribution in [0, 0.1) is 11.8 Å². The van der Waals surface area contributed by atoms with Crippen molar-refractivity contribution in [2.24, 2.45) is 0 Å². The molecule has 1 heterocycles. The molecule has 1 aromatic heterocycles. The van der Waals surface area contributed by atoms with E-state index in [-0.39, 0.29) is 5.69 Å². The Morgan fingerprint density at radius 3 is 2.70 bits per heavy atom. The predicted octanol–water partition coefficient (Wildman–Crippen LogP) is 2.09. The Kier molecular flexibility index (Phi) is 4.18. The summed E-state index contributed by atoms with van der Waals surface area (Å²) in [6, 6.07) is 14.1. The van der Waals surface area contributed by atoms with Crippen molar-refractivity contribution in [1.82, 2.24) is 5.27 Å². The Hall–Kier alpha value is -2.97. The van der Waals surface area contributed by atoms with E-state index in [2.05, 4.69) is 17.1 Å². The number of halogens is 1. The fraction of sp³-hybridized carbons (Fsp3) is 0.0588. The van der Waals surface area contributed by atoms with E-state index in [9.17, 15) is 5.11 Å². The number of hydrogen-bond donors (Lipinski definition) is 0. The molecule has 0 saturated heterocycles. The van der Waals surface area contributed by atoms with E-state index < -0.39 is 5.95 Å². The number of nitrogens with zero attached hydrogens (tertiary/aromatic N) is 2. The Morgan fingerprint density at radius 2 is 1.96 bits per heavy atom. The maximum atomic E-state index is 11.8. The molecule has 114 valence electrons. The van der Waals surface area contributed by atoms with Crippen molar-refractivity contribution < 1.29 is 19.0 Å². The molecule has 0 atom stereocenters. The van der Waals surface area contributed by atoms with Crippen LogP contribution in [-0.4, -0.2) is 12.4 Å². The van der Waals surface area contributed by atoms with Crippen LogP contribution >= 0.6 is 11.6 Å². The van der Waals surface area contributed by atoms with Crippen molar-refractivity contribution >= 4 is 11.6 Å². The van der Waals surface area contributed by atoms with Gasteiger partial charge >= 0.3 is 5.69 Å². The van der Waals surface area contributed by atoms with Gasteiger partial charge in [-0.25, -0.2) is 0 Å². The lowest BCUT2D eigenvalue weighted by Crippen LogP contribution is -2.35. The molecular formula is C17H11ClN2O3. The summed E-state index contributed by atoms with van der Waals surface area (Å²) in [6.45, 7) is 0. The van der Waals surface area contributed by atoms with Gasteiger partial charge in [-0.2, -0.15) is 0 Å². The van der Waals surface area contributed by atoms with Crippen molar-refractivity contribution in [3.05, 3.63) is 64.8 Å². The molecule has 23 heavy (non-hydrogen) atoms. The average molecular weight is 327 g/mol. The molecule has 5 nitrogen and oxygen atoms in total. The summed E-state index contributed by atoms with van der Waals surface area (Å²) in [4.78, 5) is 0. The van der Waals surface area contributed by atoms with Gasteiger partial charge in [-0.1, -0.05) is 23.6 Å². The number of ether oxygens (including phenoxy) is 1. The quantitative estimate of drug-likeness (QED) is 0.534. The summed E-state index contributed by atoms with van der Waals surface area (Å²) in [6.07, 6.45) is 0. The monoisotopic (exact) mass is 326 g/mol. The highest BCUT2D eigenvalue weighted by atomic mass is 35.5. The molecule has 2 aromatic carbocycles. The first kappa shape index (κ1) is 14.9. The Balaban J connectivity index is 1.99. The van der Waals surface area contributed by atoms with Gasteiger partial charge in [0.1, 0.15) is 5.75 Å². The van der Waals surface area contributed by atoms with Gasteiger partial charge in [0, 0.05) is 28.6 Å². The molecule has 0 radical (unpaired) electrons. The zero-order chi connectivity index (χ0) is 16.2. The van der Waals surface area contributed by atoms with Crippen LogP contribution in [-0.2, 0) is 0 Å². The van der Waals surface area contributed by atoms with Crippen LogP contribution in [0.5, 0.6) is 11.7 Å². The lowest BCUT2D eigenvalue weighted by atomic mass is 10.2. The van der Waals surface area contributed by atoms with E-state index in [4.69, 9.17) is 20.9 Å². The van der Waals surface area contributed by atoms with E-state index in [0.717, 1.165) is 0 Å². The van der Waals surface area contributed by atoms with Crippen molar-refractivity contribution in [2.45, 2.75) is 0 Å². The molecule has 0 fully saturated rings. The highest BCUT2D eigenvalue weighted by Crippen LogP contribution is 2.14. The van der Waals surface area contributed by atoms with Crippen LogP contribution in [0.4, 0.5) is 0 Å². The highest BCUT2D eigenvalue weighted by molar-refractivity contribution is 6.30. The summed E-state index contributed by atoms with van der Waals surface area (Å²) >= 11 is 5.86. The summed E-state index contributed by atoms with van der Waals surface area (Å²) in [7, 11) is 1.58. The standard InChI is InChI=1S/C17H11ClN2O3/c1-22-15-4-2-3-12(11-15)5-10-16-17(21)23-19-20(16)14-8-6-13(18)7-9-14/h2-4,6-9,11H,1H3. The van der Waals surface area contributed by atoms with Gasteiger partial charge in [0.05, 0.1) is 12.4 Å². The minimum absolute atomic E-state index is 0.134. The molecule has 0 spiro atoms. The topological polar surface area (TPSA) is 62.2 Å². The summed E-state index contributed by atoms with van der Waals surface area (Å²) in [5.41, 5.74) is 1.48. The minimum Gasteiger partial charge on any atom is -0.538 e. The number of aromatic nitrogens is 2. The zero-order valence-electron chi connectivity index (χ0n) is 12.1. The first-order chi connectivity index (χ1) is 11.2. The third-order valence-corrected chi connectivity index (χ3v) is 3.33. The summed E-state index contributed by atoms with van der Waals surface area (Å²) < 4.78 is 11.2. The lowest BCUT2D eigenvalue weighted by Gasteiger charge is -1.98. The molecule has 0 N–H and O–H groups in total. The van der Waals surface area contributed by atoms with Crippen molar-refractivity contribution in [3.8, 4) is 29.2 Å². The highest BCUT2D eigenvalue weighted by Gasteiger charge is 2.18. The third-order valence-electron chi connectivity index (χ3n) is 3.08. The molecule has 0 amide bonds. The normalized spacial score (nSPS) is 10.0. The summed E-state index contributed by atoms with van der Waals surface area (Å²) in [5.74, 6) is 5.79. The van der Waals surface area contributed by atoms with E-state index in [1.807, 2.05) is 18.2 Å². The molecule has 3 aromatic rings. The van der Waals surface area contributed by atoms with Crippen LogP contribution in [0.3, 0.4) is 0 Å². The largest absolute Gasteiger partial charge is 0.538 e. The van der Waals surface area contributed by atoms with Crippen LogP contribution in [0.2, 0.25) is 5.02 Å². The second kappa shape index (κ2) is 6.42. The fourth-order valence-electron chi connectivity index (χ4n) is 1.94. The SMILES string of the molecule is COc1cccc(C#Cc2c([O-])on[n+]2-c2ccc(Cl)cc2)c1. The number of hydrogen-bond acceptors (Lipinski definition) is 4. The van der Waals surface area contributed by atoms with Crippen molar-refractivity contribution in [1.29, 1.82) is 0 Å². The first-order valence-corrected chi connectivity index (χ1v) is 7.06. The average Bonchev–Trinajstić information content (AvgIpc) is 2.94. The van der Waals surface area contributed by atoms with E-state index in [1.54, 1.807) is 37.4 Å². The molecule has 3 rings (SSSR count). The molecule has 0 aliphatic carbocycles.